The summed E-state index contributed by atoms with van der Waals surface area (Å²) >= 11 is 1.90. The van der Waals surface area contributed by atoms with Crippen LogP contribution in [0.2, 0.25) is 0 Å². The first-order valence-corrected chi connectivity index (χ1v) is 5.27. The summed E-state index contributed by atoms with van der Waals surface area (Å²) in [6, 6.07) is 3.96. The fraction of sp³-hybridized carbons (Fsp3) is 0.444. The van der Waals surface area contributed by atoms with Crippen LogP contribution in [-0.4, -0.2) is 10.7 Å². The molecular weight excluding hydrogens is 168 g/mol. The number of nitrogens with zero attached hydrogens (tertiary/aromatic N) is 1. The van der Waals surface area contributed by atoms with Gasteiger partial charge in [-0.05, 0) is 18.2 Å². The van der Waals surface area contributed by atoms with Crippen LogP contribution in [0.25, 0.3) is 0 Å². The average molecular weight is 182 g/mol. The van der Waals surface area contributed by atoms with Crippen molar-refractivity contribution in [1.29, 1.82) is 0 Å². The number of hydrogen-bond donors (Lipinski definition) is 1. The SMILES string of the molecule is CCCSCc1cccnc1N. The topological polar surface area (TPSA) is 38.9 Å². The van der Waals surface area contributed by atoms with Gasteiger partial charge in [-0.15, -0.1) is 0 Å². The van der Waals surface area contributed by atoms with Gasteiger partial charge in [0.1, 0.15) is 5.82 Å². The molecule has 0 bridgehead atoms. The number of pyridine rings is 1. The summed E-state index contributed by atoms with van der Waals surface area (Å²) in [6.45, 7) is 2.18. The second-order valence-electron chi connectivity index (χ2n) is 2.60. The van der Waals surface area contributed by atoms with E-state index in [2.05, 4.69) is 11.9 Å². The van der Waals surface area contributed by atoms with E-state index in [0.29, 0.717) is 5.82 Å². The van der Waals surface area contributed by atoms with Gasteiger partial charge in [0, 0.05) is 17.5 Å². The third-order valence-electron chi connectivity index (χ3n) is 1.53. The lowest BCUT2D eigenvalue weighted by molar-refractivity contribution is 1.10. The lowest BCUT2D eigenvalue weighted by Gasteiger charge is -2.02. The summed E-state index contributed by atoms with van der Waals surface area (Å²) in [5.74, 6) is 2.84. The zero-order valence-corrected chi connectivity index (χ0v) is 8.10. The normalized spacial score (nSPS) is 10.1. The molecule has 0 aliphatic rings. The van der Waals surface area contributed by atoms with Gasteiger partial charge in [-0.25, -0.2) is 4.98 Å². The van der Waals surface area contributed by atoms with Crippen LogP contribution in [0.15, 0.2) is 18.3 Å². The molecular formula is C9H14N2S. The number of hydrogen-bond acceptors (Lipinski definition) is 3. The van der Waals surface area contributed by atoms with Crippen molar-refractivity contribution in [2.75, 3.05) is 11.5 Å². The Morgan fingerprint density at radius 2 is 2.42 bits per heavy atom. The highest BCUT2D eigenvalue weighted by atomic mass is 32.2. The molecule has 0 atom stereocenters. The molecule has 0 saturated carbocycles. The van der Waals surface area contributed by atoms with Gasteiger partial charge in [-0.2, -0.15) is 11.8 Å². The van der Waals surface area contributed by atoms with E-state index in [1.54, 1.807) is 6.20 Å². The number of anilines is 1. The molecule has 1 rings (SSSR count). The summed E-state index contributed by atoms with van der Waals surface area (Å²) in [5, 5.41) is 0. The number of rotatable bonds is 4. The predicted molar refractivity (Wildman–Crippen MR) is 55.1 cm³/mol. The Labute approximate surface area is 77.6 Å². The van der Waals surface area contributed by atoms with Crippen molar-refractivity contribution < 1.29 is 0 Å². The second kappa shape index (κ2) is 5.04. The van der Waals surface area contributed by atoms with Gasteiger partial charge >= 0.3 is 0 Å². The highest BCUT2D eigenvalue weighted by molar-refractivity contribution is 7.98. The van der Waals surface area contributed by atoms with Gasteiger partial charge in [-0.3, -0.25) is 0 Å². The van der Waals surface area contributed by atoms with Crippen LogP contribution in [-0.2, 0) is 5.75 Å². The van der Waals surface area contributed by atoms with Gasteiger partial charge < -0.3 is 5.73 Å². The van der Waals surface area contributed by atoms with Crippen molar-refractivity contribution in [3.63, 3.8) is 0 Å². The molecule has 0 fully saturated rings. The maximum atomic E-state index is 5.68. The first-order chi connectivity index (χ1) is 5.84. The molecule has 0 aliphatic heterocycles. The first-order valence-electron chi connectivity index (χ1n) is 4.11. The van der Waals surface area contributed by atoms with Crippen LogP contribution in [0.1, 0.15) is 18.9 Å². The molecule has 2 nitrogen and oxygen atoms in total. The van der Waals surface area contributed by atoms with E-state index < -0.39 is 0 Å². The van der Waals surface area contributed by atoms with E-state index in [0.717, 1.165) is 11.3 Å². The lowest BCUT2D eigenvalue weighted by Crippen LogP contribution is -1.95. The van der Waals surface area contributed by atoms with E-state index in [-0.39, 0.29) is 0 Å². The highest BCUT2D eigenvalue weighted by Gasteiger charge is 1.97. The van der Waals surface area contributed by atoms with Crippen molar-refractivity contribution in [3.05, 3.63) is 23.9 Å². The third-order valence-corrected chi connectivity index (χ3v) is 2.74. The molecule has 0 spiro atoms. The van der Waals surface area contributed by atoms with Crippen molar-refractivity contribution >= 4 is 17.6 Å². The molecule has 66 valence electrons. The molecule has 1 aromatic heterocycles. The van der Waals surface area contributed by atoms with Gasteiger partial charge in [0.15, 0.2) is 0 Å². The molecule has 0 amide bonds. The van der Waals surface area contributed by atoms with Gasteiger partial charge in [0.25, 0.3) is 0 Å². The quantitative estimate of drug-likeness (QED) is 0.726. The monoisotopic (exact) mass is 182 g/mol. The maximum Gasteiger partial charge on any atom is 0.127 e. The van der Waals surface area contributed by atoms with Crippen LogP contribution in [0.5, 0.6) is 0 Å². The Hall–Kier alpha value is -0.700. The average Bonchev–Trinajstić information content (AvgIpc) is 2.09. The number of nitrogen functional groups attached to an aromatic ring is 1. The molecule has 0 unspecified atom stereocenters. The molecule has 0 radical (unpaired) electrons. The van der Waals surface area contributed by atoms with Gasteiger partial charge in [-0.1, -0.05) is 13.0 Å². The highest BCUT2D eigenvalue weighted by Crippen LogP contribution is 2.16. The first kappa shape index (κ1) is 9.39. The summed E-state index contributed by atoms with van der Waals surface area (Å²) in [6.07, 6.45) is 2.94. The van der Waals surface area contributed by atoms with Crippen molar-refractivity contribution in [3.8, 4) is 0 Å². The van der Waals surface area contributed by atoms with E-state index in [9.17, 15) is 0 Å². The maximum absolute atomic E-state index is 5.68. The molecule has 2 N–H and O–H groups in total. The zero-order chi connectivity index (χ0) is 8.81. The van der Waals surface area contributed by atoms with E-state index in [4.69, 9.17) is 5.73 Å². The molecule has 0 saturated heterocycles. The second-order valence-corrected chi connectivity index (χ2v) is 3.71. The Balaban J connectivity index is 2.46. The Morgan fingerprint density at radius 1 is 1.58 bits per heavy atom. The lowest BCUT2D eigenvalue weighted by atomic mass is 10.3. The van der Waals surface area contributed by atoms with Crippen LogP contribution < -0.4 is 5.73 Å². The fourth-order valence-electron chi connectivity index (χ4n) is 0.899. The summed E-state index contributed by atoms with van der Waals surface area (Å²) in [5.41, 5.74) is 6.83. The number of nitrogens with two attached hydrogens (primary N) is 1. The number of aromatic nitrogens is 1. The minimum Gasteiger partial charge on any atom is -0.383 e. The van der Waals surface area contributed by atoms with Crippen molar-refractivity contribution in [2.45, 2.75) is 19.1 Å². The summed E-state index contributed by atoms with van der Waals surface area (Å²) in [7, 11) is 0. The molecule has 1 aromatic rings. The van der Waals surface area contributed by atoms with Crippen molar-refractivity contribution in [2.24, 2.45) is 0 Å². The van der Waals surface area contributed by atoms with Crippen LogP contribution in [0.4, 0.5) is 5.82 Å². The third kappa shape index (κ3) is 2.74. The smallest absolute Gasteiger partial charge is 0.127 e. The van der Waals surface area contributed by atoms with E-state index >= 15 is 0 Å². The summed E-state index contributed by atoms with van der Waals surface area (Å²) < 4.78 is 0. The van der Waals surface area contributed by atoms with E-state index in [1.165, 1.54) is 12.2 Å². The molecule has 12 heavy (non-hydrogen) atoms. The Bertz CT molecular complexity index is 238. The minimum absolute atomic E-state index is 0.668. The molecule has 0 aliphatic carbocycles. The summed E-state index contributed by atoms with van der Waals surface area (Å²) in [4.78, 5) is 4.02. The molecule has 3 heteroatoms. The minimum atomic E-state index is 0.668. The Kier molecular flexibility index (Phi) is 3.94. The van der Waals surface area contributed by atoms with Crippen LogP contribution in [0, 0.1) is 0 Å². The van der Waals surface area contributed by atoms with Crippen LogP contribution >= 0.6 is 11.8 Å². The van der Waals surface area contributed by atoms with Gasteiger partial charge in [0.2, 0.25) is 0 Å². The predicted octanol–water partition coefficient (Wildman–Crippen LogP) is 2.31. The van der Waals surface area contributed by atoms with Gasteiger partial charge in [0.05, 0.1) is 0 Å². The molecule has 0 aromatic carbocycles. The van der Waals surface area contributed by atoms with Crippen molar-refractivity contribution in [1.82, 2.24) is 4.98 Å². The molecule has 1 heterocycles. The zero-order valence-electron chi connectivity index (χ0n) is 7.29. The standard InChI is InChI=1S/C9H14N2S/c1-2-6-12-7-8-4-3-5-11-9(8)10/h3-5H,2,6-7H2,1H3,(H2,10,11). The number of thioether (sulfide) groups is 1. The fourth-order valence-corrected chi connectivity index (χ4v) is 1.80. The van der Waals surface area contributed by atoms with Crippen LogP contribution in [0.3, 0.4) is 0 Å². The largest absolute Gasteiger partial charge is 0.383 e. The Morgan fingerprint density at radius 3 is 3.08 bits per heavy atom. The van der Waals surface area contributed by atoms with E-state index in [1.807, 2.05) is 23.9 Å².